The molecular weight excluding hydrogens is 315 g/mol. The Bertz CT molecular complexity index is 610. The Labute approximate surface area is 141 Å². The average Bonchev–Trinajstić information content (AvgIpc) is 2.50. The van der Waals surface area contributed by atoms with Crippen LogP contribution in [0, 0.1) is 5.92 Å². The van der Waals surface area contributed by atoms with Gasteiger partial charge >= 0.3 is 0 Å². The fourth-order valence-corrected chi connectivity index (χ4v) is 3.46. The van der Waals surface area contributed by atoms with E-state index in [-0.39, 0.29) is 6.04 Å². The van der Waals surface area contributed by atoms with Crippen molar-refractivity contribution in [1.29, 1.82) is 0 Å². The molecule has 1 fully saturated rings. The van der Waals surface area contributed by atoms with E-state index >= 15 is 0 Å². The van der Waals surface area contributed by atoms with Crippen LogP contribution in [0.4, 0.5) is 5.69 Å². The summed E-state index contributed by atoms with van der Waals surface area (Å²) in [5, 5.41) is 1.55. The highest BCUT2D eigenvalue weighted by atomic mass is 35.5. The van der Waals surface area contributed by atoms with Crippen molar-refractivity contribution in [2.45, 2.75) is 18.9 Å². The highest BCUT2D eigenvalue weighted by Gasteiger charge is 2.25. The van der Waals surface area contributed by atoms with Gasteiger partial charge in [0, 0.05) is 34.9 Å². The number of hydrogen-bond acceptors (Lipinski definition) is 2. The number of piperidine rings is 1. The molecule has 22 heavy (non-hydrogen) atoms. The summed E-state index contributed by atoms with van der Waals surface area (Å²) in [5.41, 5.74) is 8.79. The summed E-state index contributed by atoms with van der Waals surface area (Å²) in [6.45, 7) is 1.93. The van der Waals surface area contributed by atoms with E-state index in [1.807, 2.05) is 24.3 Å². The molecule has 1 aliphatic heterocycles. The van der Waals surface area contributed by atoms with E-state index in [1.165, 1.54) is 11.3 Å². The molecule has 2 atom stereocenters. The van der Waals surface area contributed by atoms with Gasteiger partial charge in [-0.3, -0.25) is 0 Å². The van der Waals surface area contributed by atoms with Gasteiger partial charge in [-0.05, 0) is 60.7 Å². The standard InChI is InChI=1S/C18H20Cl2N2/c19-15-3-1-13(2-4-15)9-14-10-17(21)12-22(11-14)18-7-5-16(20)6-8-18/h1-8,14,17H,9-12,21H2. The van der Waals surface area contributed by atoms with E-state index < -0.39 is 0 Å². The summed E-state index contributed by atoms with van der Waals surface area (Å²) in [7, 11) is 0. The predicted octanol–water partition coefficient (Wildman–Crippen LogP) is 4.39. The van der Waals surface area contributed by atoms with Gasteiger partial charge in [-0.2, -0.15) is 0 Å². The molecule has 0 amide bonds. The number of nitrogens with two attached hydrogens (primary N) is 1. The second-order valence-corrected chi connectivity index (χ2v) is 6.95. The zero-order chi connectivity index (χ0) is 15.5. The summed E-state index contributed by atoms with van der Waals surface area (Å²) in [6.07, 6.45) is 2.10. The largest absolute Gasteiger partial charge is 0.370 e. The van der Waals surface area contributed by atoms with Crippen LogP contribution in [0.2, 0.25) is 10.0 Å². The van der Waals surface area contributed by atoms with E-state index in [1.54, 1.807) is 0 Å². The molecule has 2 nitrogen and oxygen atoms in total. The highest BCUT2D eigenvalue weighted by molar-refractivity contribution is 6.30. The summed E-state index contributed by atoms with van der Waals surface area (Å²) >= 11 is 11.9. The Balaban J connectivity index is 1.70. The van der Waals surface area contributed by atoms with Crippen LogP contribution in [0.25, 0.3) is 0 Å². The molecule has 0 aliphatic carbocycles. The quantitative estimate of drug-likeness (QED) is 0.901. The first-order valence-electron chi connectivity index (χ1n) is 7.60. The van der Waals surface area contributed by atoms with Crippen molar-refractivity contribution < 1.29 is 0 Å². The van der Waals surface area contributed by atoms with E-state index in [9.17, 15) is 0 Å². The molecule has 1 saturated heterocycles. The molecule has 2 aromatic carbocycles. The Hall–Kier alpha value is -1.22. The molecule has 2 unspecified atom stereocenters. The van der Waals surface area contributed by atoms with Gasteiger partial charge in [-0.15, -0.1) is 0 Å². The number of nitrogens with zero attached hydrogens (tertiary/aromatic N) is 1. The summed E-state index contributed by atoms with van der Waals surface area (Å²) < 4.78 is 0. The lowest BCUT2D eigenvalue weighted by Crippen LogP contribution is -2.47. The van der Waals surface area contributed by atoms with Crippen LogP contribution in [-0.2, 0) is 6.42 Å². The molecule has 0 aromatic heterocycles. The maximum atomic E-state index is 6.27. The zero-order valence-corrected chi connectivity index (χ0v) is 13.9. The molecule has 0 spiro atoms. The highest BCUT2D eigenvalue weighted by Crippen LogP contribution is 2.26. The Morgan fingerprint density at radius 2 is 1.50 bits per heavy atom. The predicted molar refractivity (Wildman–Crippen MR) is 94.9 cm³/mol. The van der Waals surface area contributed by atoms with Crippen molar-refractivity contribution in [1.82, 2.24) is 0 Å². The Morgan fingerprint density at radius 1 is 0.909 bits per heavy atom. The van der Waals surface area contributed by atoms with Crippen molar-refractivity contribution in [2.75, 3.05) is 18.0 Å². The van der Waals surface area contributed by atoms with Gasteiger partial charge in [0.1, 0.15) is 0 Å². The van der Waals surface area contributed by atoms with Gasteiger partial charge in [-0.1, -0.05) is 35.3 Å². The SMILES string of the molecule is NC1CC(Cc2ccc(Cl)cc2)CN(c2ccc(Cl)cc2)C1. The minimum absolute atomic E-state index is 0.210. The van der Waals surface area contributed by atoms with Crippen LogP contribution in [0.5, 0.6) is 0 Å². The van der Waals surface area contributed by atoms with Crippen LogP contribution < -0.4 is 10.6 Å². The lowest BCUT2D eigenvalue weighted by Gasteiger charge is -2.38. The molecule has 0 saturated carbocycles. The van der Waals surface area contributed by atoms with Crippen LogP contribution in [0.3, 0.4) is 0 Å². The fraction of sp³-hybridized carbons (Fsp3) is 0.333. The third-order valence-electron chi connectivity index (χ3n) is 4.20. The number of benzene rings is 2. The van der Waals surface area contributed by atoms with Gasteiger partial charge in [0.05, 0.1) is 0 Å². The second kappa shape index (κ2) is 6.91. The summed E-state index contributed by atoms with van der Waals surface area (Å²) in [5.74, 6) is 0.556. The third kappa shape index (κ3) is 3.95. The zero-order valence-electron chi connectivity index (χ0n) is 12.4. The average molecular weight is 335 g/mol. The van der Waals surface area contributed by atoms with E-state index in [0.717, 1.165) is 36.0 Å². The fourth-order valence-electron chi connectivity index (χ4n) is 3.21. The van der Waals surface area contributed by atoms with Gasteiger partial charge in [0.2, 0.25) is 0 Å². The third-order valence-corrected chi connectivity index (χ3v) is 4.70. The van der Waals surface area contributed by atoms with Crippen LogP contribution in [-0.4, -0.2) is 19.1 Å². The molecule has 116 valence electrons. The first-order valence-corrected chi connectivity index (χ1v) is 8.36. The molecule has 1 heterocycles. The smallest absolute Gasteiger partial charge is 0.0407 e. The molecule has 2 N–H and O–H groups in total. The molecular formula is C18H20Cl2N2. The molecule has 1 aliphatic rings. The lowest BCUT2D eigenvalue weighted by atomic mass is 9.89. The van der Waals surface area contributed by atoms with Gasteiger partial charge in [0.15, 0.2) is 0 Å². The van der Waals surface area contributed by atoms with Crippen molar-refractivity contribution in [3.05, 3.63) is 64.1 Å². The monoisotopic (exact) mass is 334 g/mol. The van der Waals surface area contributed by atoms with Crippen molar-refractivity contribution >= 4 is 28.9 Å². The Kier molecular flexibility index (Phi) is 4.92. The van der Waals surface area contributed by atoms with Crippen LogP contribution in [0.1, 0.15) is 12.0 Å². The maximum Gasteiger partial charge on any atom is 0.0407 e. The van der Waals surface area contributed by atoms with Gasteiger partial charge in [-0.25, -0.2) is 0 Å². The maximum absolute atomic E-state index is 6.27. The molecule has 0 radical (unpaired) electrons. The normalized spacial score (nSPS) is 21.9. The van der Waals surface area contributed by atoms with E-state index in [2.05, 4.69) is 29.2 Å². The lowest BCUT2D eigenvalue weighted by molar-refractivity contribution is 0.374. The minimum atomic E-state index is 0.210. The van der Waals surface area contributed by atoms with Crippen molar-refractivity contribution in [2.24, 2.45) is 11.7 Å². The molecule has 2 aromatic rings. The van der Waals surface area contributed by atoms with Crippen molar-refractivity contribution in [3.63, 3.8) is 0 Å². The molecule has 0 bridgehead atoms. The second-order valence-electron chi connectivity index (χ2n) is 6.07. The first-order chi connectivity index (χ1) is 10.6. The first kappa shape index (κ1) is 15.7. The topological polar surface area (TPSA) is 29.3 Å². The van der Waals surface area contributed by atoms with Crippen LogP contribution in [0.15, 0.2) is 48.5 Å². The minimum Gasteiger partial charge on any atom is -0.370 e. The van der Waals surface area contributed by atoms with Crippen LogP contribution >= 0.6 is 23.2 Å². The van der Waals surface area contributed by atoms with Gasteiger partial charge in [0.25, 0.3) is 0 Å². The number of halogens is 2. The summed E-state index contributed by atoms with van der Waals surface area (Å²) in [6, 6.07) is 16.3. The summed E-state index contributed by atoms with van der Waals surface area (Å²) in [4.78, 5) is 2.37. The molecule has 4 heteroatoms. The van der Waals surface area contributed by atoms with Gasteiger partial charge < -0.3 is 10.6 Å². The van der Waals surface area contributed by atoms with E-state index in [0.29, 0.717) is 5.92 Å². The van der Waals surface area contributed by atoms with E-state index in [4.69, 9.17) is 28.9 Å². The Morgan fingerprint density at radius 3 is 2.14 bits per heavy atom. The molecule has 3 rings (SSSR count). The number of hydrogen-bond donors (Lipinski definition) is 1. The number of anilines is 1. The number of rotatable bonds is 3. The van der Waals surface area contributed by atoms with Crippen molar-refractivity contribution in [3.8, 4) is 0 Å².